The van der Waals surface area contributed by atoms with Gasteiger partial charge in [0.05, 0.1) is 0 Å². The normalized spacial score (nSPS) is 17.7. The van der Waals surface area contributed by atoms with Gasteiger partial charge in [-0.1, -0.05) is 41.9 Å². The highest BCUT2D eigenvalue weighted by atomic mass is 35.5. The first-order chi connectivity index (χ1) is 15.6. The number of para-hydroxylation sites is 1. The molecule has 32 heavy (non-hydrogen) atoms. The van der Waals surface area contributed by atoms with E-state index in [0.29, 0.717) is 5.02 Å². The number of likely N-dealkylation sites (tertiary alicyclic amines) is 2. The van der Waals surface area contributed by atoms with Gasteiger partial charge >= 0.3 is 0 Å². The van der Waals surface area contributed by atoms with E-state index in [9.17, 15) is 4.79 Å². The molecule has 2 saturated heterocycles. The molecule has 4 nitrogen and oxygen atoms in total. The van der Waals surface area contributed by atoms with Crippen LogP contribution in [-0.2, 0) is 6.54 Å². The van der Waals surface area contributed by atoms with E-state index in [2.05, 4.69) is 23.1 Å². The van der Waals surface area contributed by atoms with Crippen molar-refractivity contribution in [1.82, 2.24) is 9.80 Å². The van der Waals surface area contributed by atoms with Gasteiger partial charge < -0.3 is 9.64 Å². The van der Waals surface area contributed by atoms with Crippen molar-refractivity contribution in [3.05, 3.63) is 95.0 Å². The molecule has 3 aromatic carbocycles. The first-order valence-corrected chi connectivity index (χ1v) is 11.6. The summed E-state index contributed by atoms with van der Waals surface area (Å²) in [5.41, 5.74) is 2.28. The van der Waals surface area contributed by atoms with Crippen LogP contribution in [0, 0.1) is 5.41 Å². The van der Waals surface area contributed by atoms with Crippen molar-refractivity contribution in [3.8, 4) is 11.5 Å². The molecular weight excluding hydrogens is 420 g/mol. The van der Waals surface area contributed by atoms with Crippen molar-refractivity contribution >= 4 is 17.5 Å². The lowest BCUT2D eigenvalue weighted by atomic mass is 9.71. The Kier molecular flexibility index (Phi) is 5.90. The Labute approximate surface area is 194 Å². The van der Waals surface area contributed by atoms with E-state index in [1.54, 1.807) is 12.1 Å². The van der Waals surface area contributed by atoms with Gasteiger partial charge in [0.25, 0.3) is 5.91 Å². The van der Waals surface area contributed by atoms with Gasteiger partial charge in [0.1, 0.15) is 11.5 Å². The third-order valence-corrected chi connectivity index (χ3v) is 6.88. The Morgan fingerprint density at radius 2 is 1.56 bits per heavy atom. The van der Waals surface area contributed by atoms with Crippen LogP contribution < -0.4 is 4.74 Å². The topological polar surface area (TPSA) is 32.8 Å². The minimum atomic E-state index is 0.116. The fraction of sp³-hybridized carbons (Fsp3) is 0.296. The molecule has 0 N–H and O–H groups in total. The lowest BCUT2D eigenvalue weighted by molar-refractivity contribution is -0.0336. The predicted octanol–water partition coefficient (Wildman–Crippen LogP) is 5.87. The highest BCUT2D eigenvalue weighted by molar-refractivity contribution is 6.30. The molecule has 3 aromatic rings. The third kappa shape index (κ3) is 4.67. The number of halogens is 1. The average molecular weight is 447 g/mol. The number of carbonyl (C=O) groups excluding carboxylic acids is 1. The number of hydrogen-bond acceptors (Lipinski definition) is 3. The predicted molar refractivity (Wildman–Crippen MR) is 127 cm³/mol. The number of benzene rings is 3. The summed E-state index contributed by atoms with van der Waals surface area (Å²) in [4.78, 5) is 17.2. The SMILES string of the molecule is O=C(c1ccc(Cl)cc1)N1CC2(CCN(Cc3cccc(Oc4ccccc4)c3)CC2)C1. The molecule has 0 bridgehead atoms. The highest BCUT2D eigenvalue weighted by Crippen LogP contribution is 2.41. The number of carbonyl (C=O) groups is 1. The van der Waals surface area contributed by atoms with E-state index in [1.165, 1.54) is 5.56 Å². The number of ether oxygens (including phenoxy) is 1. The van der Waals surface area contributed by atoms with Gasteiger partial charge in [0.2, 0.25) is 0 Å². The van der Waals surface area contributed by atoms with E-state index in [-0.39, 0.29) is 11.3 Å². The molecule has 2 fully saturated rings. The minimum absolute atomic E-state index is 0.116. The van der Waals surface area contributed by atoms with Gasteiger partial charge in [-0.3, -0.25) is 9.69 Å². The van der Waals surface area contributed by atoms with E-state index in [1.807, 2.05) is 53.4 Å². The van der Waals surface area contributed by atoms with Gasteiger partial charge in [0, 0.05) is 35.6 Å². The Balaban J connectivity index is 1.12. The standard InChI is InChI=1S/C27H27ClN2O2/c28-23-11-9-22(10-12-23)26(31)30-19-27(20-30)13-15-29(16-14-27)18-21-5-4-8-25(17-21)32-24-6-2-1-3-7-24/h1-12,17H,13-16,18-20H2. The zero-order valence-corrected chi connectivity index (χ0v) is 18.8. The second-order valence-corrected chi connectivity index (χ2v) is 9.44. The van der Waals surface area contributed by atoms with Crippen molar-refractivity contribution in [2.45, 2.75) is 19.4 Å². The maximum Gasteiger partial charge on any atom is 0.253 e. The maximum absolute atomic E-state index is 12.7. The highest BCUT2D eigenvalue weighted by Gasteiger charge is 2.46. The number of piperidine rings is 1. The molecule has 0 atom stereocenters. The number of rotatable bonds is 5. The quantitative estimate of drug-likeness (QED) is 0.491. The van der Waals surface area contributed by atoms with Gasteiger partial charge in [-0.15, -0.1) is 0 Å². The zero-order valence-electron chi connectivity index (χ0n) is 18.0. The fourth-order valence-electron chi connectivity index (χ4n) is 4.77. The Hall–Kier alpha value is -2.82. The van der Waals surface area contributed by atoms with Gasteiger partial charge in [0.15, 0.2) is 0 Å². The lowest BCUT2D eigenvalue weighted by Crippen LogP contribution is -2.61. The summed E-state index contributed by atoms with van der Waals surface area (Å²) in [6.07, 6.45) is 2.27. The summed E-state index contributed by atoms with van der Waals surface area (Å²) < 4.78 is 5.98. The minimum Gasteiger partial charge on any atom is -0.457 e. The molecule has 0 aromatic heterocycles. The van der Waals surface area contributed by atoms with Crippen molar-refractivity contribution in [2.24, 2.45) is 5.41 Å². The summed E-state index contributed by atoms with van der Waals surface area (Å²) in [5, 5.41) is 0.658. The smallest absolute Gasteiger partial charge is 0.253 e. The van der Waals surface area contributed by atoms with E-state index >= 15 is 0 Å². The summed E-state index contributed by atoms with van der Waals surface area (Å²) in [6.45, 7) is 4.78. The van der Waals surface area contributed by atoms with Gasteiger partial charge in [-0.25, -0.2) is 0 Å². The van der Waals surface area contributed by atoms with E-state index in [0.717, 1.165) is 62.6 Å². The van der Waals surface area contributed by atoms with E-state index in [4.69, 9.17) is 16.3 Å². The van der Waals surface area contributed by atoms with Gasteiger partial charge in [-0.2, -0.15) is 0 Å². The Morgan fingerprint density at radius 1 is 0.875 bits per heavy atom. The van der Waals surface area contributed by atoms with Crippen LogP contribution in [0.1, 0.15) is 28.8 Å². The molecule has 2 heterocycles. The number of nitrogens with zero attached hydrogens (tertiary/aromatic N) is 2. The molecule has 164 valence electrons. The van der Waals surface area contributed by atoms with Crippen LogP contribution in [0.2, 0.25) is 5.02 Å². The molecule has 2 aliphatic rings. The molecular formula is C27H27ClN2O2. The fourth-order valence-corrected chi connectivity index (χ4v) is 4.90. The summed E-state index contributed by atoms with van der Waals surface area (Å²) >= 11 is 5.94. The molecule has 0 aliphatic carbocycles. The van der Waals surface area contributed by atoms with Crippen molar-refractivity contribution in [3.63, 3.8) is 0 Å². The molecule has 0 unspecified atom stereocenters. The molecule has 1 spiro atoms. The molecule has 0 radical (unpaired) electrons. The third-order valence-electron chi connectivity index (χ3n) is 6.63. The zero-order chi connectivity index (χ0) is 22.0. The van der Waals surface area contributed by atoms with Crippen LogP contribution >= 0.6 is 11.6 Å². The van der Waals surface area contributed by atoms with Crippen LogP contribution in [0.25, 0.3) is 0 Å². The van der Waals surface area contributed by atoms with Crippen molar-refractivity contribution in [2.75, 3.05) is 26.2 Å². The van der Waals surface area contributed by atoms with Crippen LogP contribution in [0.3, 0.4) is 0 Å². The lowest BCUT2D eigenvalue weighted by Gasteiger charge is -2.54. The molecule has 0 saturated carbocycles. The average Bonchev–Trinajstić information content (AvgIpc) is 2.79. The van der Waals surface area contributed by atoms with Crippen LogP contribution in [0.4, 0.5) is 0 Å². The van der Waals surface area contributed by atoms with Crippen LogP contribution in [0.5, 0.6) is 11.5 Å². The summed E-state index contributed by atoms with van der Waals surface area (Å²) in [5.74, 6) is 1.84. The number of hydrogen-bond donors (Lipinski definition) is 0. The maximum atomic E-state index is 12.7. The van der Waals surface area contributed by atoms with Crippen LogP contribution in [0.15, 0.2) is 78.9 Å². The first kappa shape index (κ1) is 21.0. The second-order valence-electron chi connectivity index (χ2n) is 9.01. The summed E-state index contributed by atoms with van der Waals surface area (Å²) in [6, 6.07) is 25.4. The first-order valence-electron chi connectivity index (χ1n) is 11.2. The summed E-state index contributed by atoms with van der Waals surface area (Å²) in [7, 11) is 0. The van der Waals surface area contributed by atoms with E-state index < -0.39 is 0 Å². The molecule has 1 amide bonds. The second kappa shape index (κ2) is 8.97. The Bertz CT molecular complexity index is 1070. The molecule has 2 aliphatic heterocycles. The molecule has 5 rings (SSSR count). The molecule has 5 heteroatoms. The van der Waals surface area contributed by atoms with Crippen molar-refractivity contribution < 1.29 is 9.53 Å². The van der Waals surface area contributed by atoms with Crippen molar-refractivity contribution in [1.29, 1.82) is 0 Å². The largest absolute Gasteiger partial charge is 0.457 e. The van der Waals surface area contributed by atoms with Crippen LogP contribution in [-0.4, -0.2) is 41.9 Å². The van der Waals surface area contributed by atoms with Gasteiger partial charge in [-0.05, 0) is 80.0 Å². The Morgan fingerprint density at radius 3 is 2.28 bits per heavy atom. The monoisotopic (exact) mass is 446 g/mol. The number of amides is 1.